The number of aromatic nitrogens is 2. The number of rotatable bonds is 4. The molecule has 1 aliphatic carbocycles. The van der Waals surface area contributed by atoms with Crippen LogP contribution in [0, 0.1) is 0 Å². The van der Waals surface area contributed by atoms with E-state index in [0.717, 1.165) is 12.8 Å². The molecule has 2 aromatic heterocycles. The van der Waals surface area contributed by atoms with Gasteiger partial charge in [0.25, 0.3) is 0 Å². The molecule has 0 saturated heterocycles. The number of pyridine rings is 1. The van der Waals surface area contributed by atoms with E-state index in [9.17, 15) is 18.3 Å². The highest BCUT2D eigenvalue weighted by molar-refractivity contribution is 5.57. The number of imidazole rings is 1. The normalized spacial score (nSPS) is 15.8. The molecule has 1 saturated carbocycles. The fraction of sp³-hybridized carbons (Fsp3) is 0.462. The Morgan fingerprint density at radius 2 is 2.10 bits per heavy atom. The van der Waals surface area contributed by atoms with Crippen LogP contribution in [0.4, 0.5) is 19.0 Å². The number of fused-ring (bicyclic) bond motifs is 1. The van der Waals surface area contributed by atoms with Crippen LogP contribution in [0.3, 0.4) is 0 Å². The molecule has 0 aromatic carbocycles. The standard InChI is InChI=1S/C13H14F3N3O/c14-13(15,16)8-19(9-4-5-9)12-10(7-20)18-6-2-1-3-11(18)17-12/h1-3,6,9,20H,4-5,7-8H2. The van der Waals surface area contributed by atoms with Crippen LogP contribution in [0.1, 0.15) is 18.5 Å². The summed E-state index contributed by atoms with van der Waals surface area (Å²) in [6, 6.07) is 5.09. The van der Waals surface area contributed by atoms with Crippen molar-refractivity contribution in [1.29, 1.82) is 0 Å². The third-order valence-electron chi connectivity index (χ3n) is 3.37. The number of aliphatic hydroxyl groups is 1. The summed E-state index contributed by atoms with van der Waals surface area (Å²) in [7, 11) is 0. The van der Waals surface area contributed by atoms with E-state index in [1.165, 1.54) is 4.90 Å². The van der Waals surface area contributed by atoms with Gasteiger partial charge in [-0.2, -0.15) is 13.2 Å². The van der Waals surface area contributed by atoms with Crippen LogP contribution in [0.5, 0.6) is 0 Å². The summed E-state index contributed by atoms with van der Waals surface area (Å²) in [5.74, 6) is 0.235. The van der Waals surface area contributed by atoms with Crippen molar-refractivity contribution in [2.75, 3.05) is 11.4 Å². The lowest BCUT2D eigenvalue weighted by Crippen LogP contribution is -2.36. The predicted octanol–water partition coefficient (Wildman–Crippen LogP) is 2.36. The van der Waals surface area contributed by atoms with Crippen LogP contribution in [-0.2, 0) is 6.61 Å². The average Bonchev–Trinajstić information content (AvgIpc) is 3.15. The quantitative estimate of drug-likeness (QED) is 0.937. The number of anilines is 1. The number of aliphatic hydroxyl groups excluding tert-OH is 1. The molecule has 2 aromatic rings. The van der Waals surface area contributed by atoms with Gasteiger partial charge in [0.15, 0.2) is 5.82 Å². The fourth-order valence-corrected chi connectivity index (χ4v) is 2.37. The summed E-state index contributed by atoms with van der Waals surface area (Å²) < 4.78 is 39.8. The predicted molar refractivity (Wildman–Crippen MR) is 67.5 cm³/mol. The molecule has 0 spiro atoms. The lowest BCUT2D eigenvalue weighted by molar-refractivity contribution is -0.120. The monoisotopic (exact) mass is 285 g/mol. The SMILES string of the molecule is OCc1c(N(CC(F)(F)F)C2CC2)nc2ccccn12. The highest BCUT2D eigenvalue weighted by Crippen LogP contribution is 2.35. The van der Waals surface area contributed by atoms with E-state index in [4.69, 9.17) is 0 Å². The molecular formula is C13H14F3N3O. The second kappa shape index (κ2) is 4.66. The summed E-state index contributed by atoms with van der Waals surface area (Å²) >= 11 is 0. The maximum atomic E-state index is 12.7. The zero-order valence-corrected chi connectivity index (χ0v) is 10.6. The molecule has 1 N–H and O–H groups in total. The van der Waals surface area contributed by atoms with E-state index in [-0.39, 0.29) is 18.5 Å². The van der Waals surface area contributed by atoms with Crippen molar-refractivity contribution in [1.82, 2.24) is 9.38 Å². The van der Waals surface area contributed by atoms with Gasteiger partial charge in [0.1, 0.15) is 12.2 Å². The first-order chi connectivity index (χ1) is 9.49. The van der Waals surface area contributed by atoms with E-state index in [2.05, 4.69) is 4.98 Å². The lowest BCUT2D eigenvalue weighted by Gasteiger charge is -2.24. The first-order valence-corrected chi connectivity index (χ1v) is 6.40. The molecule has 108 valence electrons. The Balaban J connectivity index is 2.06. The van der Waals surface area contributed by atoms with Gasteiger partial charge in [-0.15, -0.1) is 0 Å². The fourth-order valence-electron chi connectivity index (χ4n) is 2.37. The second-order valence-electron chi connectivity index (χ2n) is 4.94. The number of hydrogen-bond acceptors (Lipinski definition) is 3. The summed E-state index contributed by atoms with van der Waals surface area (Å²) in [4.78, 5) is 5.52. The average molecular weight is 285 g/mol. The molecule has 0 aliphatic heterocycles. The number of hydrogen-bond donors (Lipinski definition) is 1. The van der Waals surface area contributed by atoms with E-state index in [0.29, 0.717) is 11.3 Å². The molecule has 2 heterocycles. The Labute approximate surface area is 113 Å². The Bertz CT molecular complexity index is 619. The molecule has 0 bridgehead atoms. The Morgan fingerprint density at radius 1 is 1.35 bits per heavy atom. The van der Waals surface area contributed by atoms with Crippen molar-refractivity contribution >= 4 is 11.5 Å². The van der Waals surface area contributed by atoms with Crippen LogP contribution in [0.2, 0.25) is 0 Å². The molecule has 0 radical (unpaired) electrons. The van der Waals surface area contributed by atoms with E-state index >= 15 is 0 Å². The lowest BCUT2D eigenvalue weighted by atomic mass is 10.3. The first-order valence-electron chi connectivity index (χ1n) is 6.40. The second-order valence-corrected chi connectivity index (χ2v) is 4.94. The van der Waals surface area contributed by atoms with Crippen molar-refractivity contribution < 1.29 is 18.3 Å². The summed E-state index contributed by atoms with van der Waals surface area (Å²) in [5, 5.41) is 9.49. The molecule has 0 unspecified atom stereocenters. The molecule has 4 nitrogen and oxygen atoms in total. The van der Waals surface area contributed by atoms with Gasteiger partial charge in [-0.05, 0) is 25.0 Å². The van der Waals surface area contributed by atoms with Crippen LogP contribution in [0.25, 0.3) is 5.65 Å². The third-order valence-corrected chi connectivity index (χ3v) is 3.37. The molecular weight excluding hydrogens is 271 g/mol. The summed E-state index contributed by atoms with van der Waals surface area (Å²) in [6.07, 6.45) is -1.13. The van der Waals surface area contributed by atoms with Gasteiger partial charge in [-0.3, -0.25) is 4.40 Å². The van der Waals surface area contributed by atoms with Crippen molar-refractivity contribution in [2.24, 2.45) is 0 Å². The molecule has 3 rings (SSSR count). The minimum atomic E-state index is -4.29. The van der Waals surface area contributed by atoms with Gasteiger partial charge in [-0.1, -0.05) is 6.07 Å². The van der Waals surface area contributed by atoms with E-state index in [1.807, 2.05) is 0 Å². The molecule has 0 amide bonds. The molecule has 1 aliphatic rings. The molecule has 7 heteroatoms. The first kappa shape index (κ1) is 13.2. The molecule has 0 atom stereocenters. The van der Waals surface area contributed by atoms with Crippen molar-refractivity contribution in [3.05, 3.63) is 30.1 Å². The Morgan fingerprint density at radius 3 is 2.70 bits per heavy atom. The minimum Gasteiger partial charge on any atom is -0.390 e. The maximum absolute atomic E-state index is 12.7. The Hall–Kier alpha value is -1.76. The van der Waals surface area contributed by atoms with Crippen LogP contribution < -0.4 is 4.90 Å². The van der Waals surface area contributed by atoms with Gasteiger partial charge >= 0.3 is 6.18 Å². The number of halogens is 3. The van der Waals surface area contributed by atoms with Crippen LogP contribution in [-0.4, -0.2) is 33.3 Å². The topological polar surface area (TPSA) is 40.8 Å². The van der Waals surface area contributed by atoms with Crippen LogP contribution >= 0.6 is 0 Å². The highest BCUT2D eigenvalue weighted by Gasteiger charge is 2.40. The van der Waals surface area contributed by atoms with Gasteiger partial charge in [0.2, 0.25) is 0 Å². The smallest absolute Gasteiger partial charge is 0.390 e. The van der Waals surface area contributed by atoms with Crippen molar-refractivity contribution in [2.45, 2.75) is 31.7 Å². The van der Waals surface area contributed by atoms with Crippen molar-refractivity contribution in [3.63, 3.8) is 0 Å². The van der Waals surface area contributed by atoms with Gasteiger partial charge in [0, 0.05) is 12.2 Å². The van der Waals surface area contributed by atoms with E-state index in [1.54, 1.807) is 28.8 Å². The summed E-state index contributed by atoms with van der Waals surface area (Å²) in [5.41, 5.74) is 0.941. The molecule has 20 heavy (non-hydrogen) atoms. The number of nitrogens with zero attached hydrogens (tertiary/aromatic N) is 3. The van der Waals surface area contributed by atoms with E-state index < -0.39 is 12.7 Å². The summed E-state index contributed by atoms with van der Waals surface area (Å²) in [6.45, 7) is -1.38. The minimum absolute atomic E-state index is 0.133. The zero-order chi connectivity index (χ0) is 14.3. The third kappa shape index (κ3) is 2.45. The van der Waals surface area contributed by atoms with Gasteiger partial charge in [0.05, 0.1) is 12.3 Å². The number of alkyl halides is 3. The largest absolute Gasteiger partial charge is 0.405 e. The zero-order valence-electron chi connectivity index (χ0n) is 10.6. The Kier molecular flexibility index (Phi) is 3.08. The van der Waals surface area contributed by atoms with Gasteiger partial charge in [-0.25, -0.2) is 4.98 Å². The highest BCUT2D eigenvalue weighted by atomic mass is 19.4. The molecule has 1 fully saturated rings. The van der Waals surface area contributed by atoms with Gasteiger partial charge < -0.3 is 10.0 Å². The van der Waals surface area contributed by atoms with Crippen molar-refractivity contribution in [3.8, 4) is 0 Å². The van der Waals surface area contributed by atoms with Crippen LogP contribution in [0.15, 0.2) is 24.4 Å². The maximum Gasteiger partial charge on any atom is 0.405 e.